The van der Waals surface area contributed by atoms with E-state index in [1.807, 2.05) is 0 Å². The van der Waals surface area contributed by atoms with E-state index < -0.39 is 18.1 Å². The molecule has 0 aliphatic rings. The van der Waals surface area contributed by atoms with Crippen molar-refractivity contribution in [1.82, 2.24) is 4.98 Å². The summed E-state index contributed by atoms with van der Waals surface area (Å²) >= 11 is 2.95. The molecule has 1 aromatic rings. The Balaban J connectivity index is 3.18. The lowest BCUT2D eigenvalue weighted by molar-refractivity contribution is -0.142. The fourth-order valence-corrected chi connectivity index (χ4v) is 1.95. The molecule has 18 heavy (non-hydrogen) atoms. The highest BCUT2D eigenvalue weighted by Crippen LogP contribution is 2.30. The molecule has 0 aromatic carbocycles. The van der Waals surface area contributed by atoms with Crippen LogP contribution in [0.3, 0.4) is 0 Å². The minimum atomic E-state index is -2.78. The highest BCUT2D eigenvalue weighted by molar-refractivity contribution is 9.10. The SMILES string of the molecule is CCOC(=O)Cc1c(C#N)cnc(C(F)F)c1Br. The van der Waals surface area contributed by atoms with Gasteiger partial charge >= 0.3 is 5.97 Å². The predicted octanol–water partition coefficient (Wildman–Crippen LogP) is 2.76. The number of nitriles is 1. The molecule has 0 radical (unpaired) electrons. The van der Waals surface area contributed by atoms with Gasteiger partial charge in [0.25, 0.3) is 6.43 Å². The number of pyridine rings is 1. The molecule has 1 heterocycles. The van der Waals surface area contributed by atoms with Gasteiger partial charge in [-0.05, 0) is 28.4 Å². The maximum Gasteiger partial charge on any atom is 0.310 e. The van der Waals surface area contributed by atoms with Crippen LogP contribution >= 0.6 is 15.9 Å². The second-order valence-corrected chi connectivity index (χ2v) is 4.04. The van der Waals surface area contributed by atoms with Crippen LogP contribution in [0.25, 0.3) is 0 Å². The molecule has 0 saturated carbocycles. The summed E-state index contributed by atoms with van der Waals surface area (Å²) in [6.45, 7) is 1.82. The maximum atomic E-state index is 12.6. The van der Waals surface area contributed by atoms with E-state index in [1.54, 1.807) is 13.0 Å². The first-order valence-electron chi connectivity index (χ1n) is 5.02. The van der Waals surface area contributed by atoms with Gasteiger partial charge in [0.1, 0.15) is 11.8 Å². The van der Waals surface area contributed by atoms with E-state index >= 15 is 0 Å². The topological polar surface area (TPSA) is 63.0 Å². The number of nitrogens with zero attached hydrogens (tertiary/aromatic N) is 2. The van der Waals surface area contributed by atoms with E-state index in [2.05, 4.69) is 20.9 Å². The van der Waals surface area contributed by atoms with Crippen LogP contribution in [0.1, 0.15) is 30.2 Å². The van der Waals surface area contributed by atoms with Crippen molar-refractivity contribution in [2.45, 2.75) is 19.8 Å². The molecule has 0 spiro atoms. The number of aromatic nitrogens is 1. The smallest absolute Gasteiger partial charge is 0.310 e. The molecule has 0 unspecified atom stereocenters. The van der Waals surface area contributed by atoms with Crippen molar-refractivity contribution in [3.05, 3.63) is 27.5 Å². The summed E-state index contributed by atoms with van der Waals surface area (Å²) in [5.74, 6) is -0.582. The fraction of sp³-hybridized carbons (Fsp3) is 0.364. The van der Waals surface area contributed by atoms with E-state index in [9.17, 15) is 13.6 Å². The summed E-state index contributed by atoms with van der Waals surface area (Å²) in [5, 5.41) is 8.86. The number of carbonyl (C=O) groups excluding carboxylic acids is 1. The van der Waals surface area contributed by atoms with Crippen molar-refractivity contribution in [2.24, 2.45) is 0 Å². The van der Waals surface area contributed by atoms with Gasteiger partial charge in [-0.15, -0.1) is 0 Å². The van der Waals surface area contributed by atoms with Gasteiger partial charge in [0.15, 0.2) is 0 Å². The molecule has 0 fully saturated rings. The van der Waals surface area contributed by atoms with Crippen LogP contribution in [-0.4, -0.2) is 17.6 Å². The molecule has 0 saturated heterocycles. The number of rotatable bonds is 4. The molecule has 7 heteroatoms. The molecule has 0 N–H and O–H groups in total. The van der Waals surface area contributed by atoms with E-state index in [0.717, 1.165) is 6.20 Å². The van der Waals surface area contributed by atoms with Gasteiger partial charge in [-0.2, -0.15) is 5.26 Å². The first kappa shape index (κ1) is 14.5. The zero-order valence-corrected chi connectivity index (χ0v) is 11.0. The molecule has 1 aromatic heterocycles. The Labute approximate surface area is 111 Å². The Morgan fingerprint density at radius 2 is 2.33 bits per heavy atom. The largest absolute Gasteiger partial charge is 0.466 e. The number of alkyl halides is 2. The van der Waals surface area contributed by atoms with Crippen molar-refractivity contribution < 1.29 is 18.3 Å². The molecular weight excluding hydrogens is 310 g/mol. The van der Waals surface area contributed by atoms with Crippen molar-refractivity contribution in [3.8, 4) is 6.07 Å². The molecule has 0 aliphatic carbocycles. The summed E-state index contributed by atoms with van der Waals surface area (Å²) in [6, 6.07) is 1.80. The number of hydrogen-bond donors (Lipinski definition) is 0. The number of halogens is 3. The zero-order chi connectivity index (χ0) is 13.7. The number of hydrogen-bond acceptors (Lipinski definition) is 4. The van der Waals surface area contributed by atoms with Gasteiger partial charge in [0.2, 0.25) is 0 Å². The third-order valence-electron chi connectivity index (χ3n) is 2.10. The van der Waals surface area contributed by atoms with Crippen molar-refractivity contribution in [3.63, 3.8) is 0 Å². The molecule has 96 valence electrons. The Kier molecular flexibility index (Phi) is 5.16. The van der Waals surface area contributed by atoms with Gasteiger partial charge in [0.05, 0.1) is 23.1 Å². The van der Waals surface area contributed by atoms with E-state index in [-0.39, 0.29) is 28.6 Å². The van der Waals surface area contributed by atoms with E-state index in [4.69, 9.17) is 10.00 Å². The minimum absolute atomic E-state index is 0.0235. The monoisotopic (exact) mass is 318 g/mol. The normalized spacial score (nSPS) is 10.2. The third-order valence-corrected chi connectivity index (χ3v) is 2.99. The first-order chi connectivity index (χ1) is 8.51. The molecule has 0 aliphatic heterocycles. The molecular formula is C11H9BrF2N2O2. The molecule has 1 rings (SSSR count). The van der Waals surface area contributed by atoms with Crippen LogP contribution < -0.4 is 0 Å². The second-order valence-electron chi connectivity index (χ2n) is 3.24. The van der Waals surface area contributed by atoms with Crippen LogP contribution in [-0.2, 0) is 16.0 Å². The van der Waals surface area contributed by atoms with Crippen molar-refractivity contribution in [2.75, 3.05) is 6.61 Å². The first-order valence-corrected chi connectivity index (χ1v) is 5.81. The van der Waals surface area contributed by atoms with Crippen LogP contribution in [0, 0.1) is 11.3 Å². The predicted molar refractivity (Wildman–Crippen MR) is 61.9 cm³/mol. The lowest BCUT2D eigenvalue weighted by Crippen LogP contribution is -2.11. The summed E-state index contributed by atoms with van der Waals surface area (Å²) < 4.78 is 30.0. The molecule has 0 bridgehead atoms. The van der Waals surface area contributed by atoms with E-state index in [0.29, 0.717) is 0 Å². The Morgan fingerprint density at radius 1 is 1.67 bits per heavy atom. The van der Waals surface area contributed by atoms with Gasteiger partial charge in [-0.25, -0.2) is 8.78 Å². The highest BCUT2D eigenvalue weighted by Gasteiger charge is 2.21. The summed E-state index contributed by atoms with van der Waals surface area (Å²) in [4.78, 5) is 14.8. The molecule has 0 atom stereocenters. The number of ether oxygens (including phenoxy) is 1. The standard InChI is InChI=1S/C11H9BrF2N2O2/c1-2-18-8(17)3-7-6(4-15)5-16-10(9(7)12)11(13)14/h5,11H,2-3H2,1H3. The van der Waals surface area contributed by atoms with Crippen LogP contribution in [0.4, 0.5) is 8.78 Å². The summed E-state index contributed by atoms with van der Waals surface area (Å²) in [6.07, 6.45) is -2.01. The average Bonchev–Trinajstić information content (AvgIpc) is 2.31. The average molecular weight is 319 g/mol. The molecule has 0 amide bonds. The minimum Gasteiger partial charge on any atom is -0.466 e. The highest BCUT2D eigenvalue weighted by atomic mass is 79.9. The summed E-state index contributed by atoms with van der Waals surface area (Å²) in [5.41, 5.74) is -0.256. The maximum absolute atomic E-state index is 12.6. The van der Waals surface area contributed by atoms with Gasteiger partial charge in [-0.1, -0.05) is 0 Å². The quantitative estimate of drug-likeness (QED) is 0.801. The Hall–Kier alpha value is -1.55. The van der Waals surface area contributed by atoms with Crippen molar-refractivity contribution >= 4 is 21.9 Å². The Morgan fingerprint density at radius 3 is 2.83 bits per heavy atom. The lowest BCUT2D eigenvalue weighted by atomic mass is 10.1. The summed E-state index contributed by atoms with van der Waals surface area (Å²) in [7, 11) is 0. The number of carbonyl (C=O) groups is 1. The third kappa shape index (κ3) is 3.23. The van der Waals surface area contributed by atoms with E-state index in [1.165, 1.54) is 0 Å². The van der Waals surface area contributed by atoms with Crippen LogP contribution in [0.2, 0.25) is 0 Å². The zero-order valence-electron chi connectivity index (χ0n) is 9.41. The second kappa shape index (κ2) is 6.40. The van der Waals surface area contributed by atoms with Gasteiger partial charge in [0, 0.05) is 6.20 Å². The Bertz CT molecular complexity index is 501. The van der Waals surface area contributed by atoms with Crippen molar-refractivity contribution in [1.29, 1.82) is 5.26 Å². The lowest BCUT2D eigenvalue weighted by Gasteiger charge is -2.10. The van der Waals surface area contributed by atoms with Crippen LogP contribution in [0.15, 0.2) is 10.7 Å². The van der Waals surface area contributed by atoms with Crippen LogP contribution in [0.5, 0.6) is 0 Å². The van der Waals surface area contributed by atoms with Gasteiger partial charge < -0.3 is 4.74 Å². The fourth-order valence-electron chi connectivity index (χ4n) is 1.32. The molecule has 4 nitrogen and oxygen atoms in total. The van der Waals surface area contributed by atoms with Gasteiger partial charge in [-0.3, -0.25) is 9.78 Å². The number of esters is 1.